The highest BCUT2D eigenvalue weighted by molar-refractivity contribution is 5.68. The van der Waals surface area contributed by atoms with E-state index < -0.39 is 0 Å². The summed E-state index contributed by atoms with van der Waals surface area (Å²) in [5.74, 6) is 2.04. The van der Waals surface area contributed by atoms with Crippen molar-refractivity contribution in [3.63, 3.8) is 0 Å². The van der Waals surface area contributed by atoms with Gasteiger partial charge < -0.3 is 31.5 Å². The molecule has 3 rings (SSSR count). The maximum absolute atomic E-state index is 5.50. The fourth-order valence-corrected chi connectivity index (χ4v) is 4.07. The first-order chi connectivity index (χ1) is 13.0. The van der Waals surface area contributed by atoms with Gasteiger partial charge in [0.2, 0.25) is 5.75 Å². The lowest BCUT2D eigenvalue weighted by Gasteiger charge is -2.36. The number of piperidine rings is 1. The minimum absolute atomic E-state index is 0. The normalized spacial score (nSPS) is 18.5. The smallest absolute Gasteiger partial charge is 0.203 e. The molecule has 0 saturated carbocycles. The average molecular weight is 409 g/mol. The van der Waals surface area contributed by atoms with Crippen molar-refractivity contribution >= 4 is 6.21 Å². The number of allylic oxidation sites excluding steroid dienone is 1. The van der Waals surface area contributed by atoms with Crippen molar-refractivity contribution < 1.29 is 31.2 Å². The number of halogens is 1. The Kier molecular flexibility index (Phi) is 7.64. The fraction of sp³-hybridized carbons (Fsp3) is 0.591. The molecule has 2 aliphatic rings. The Morgan fingerprint density at radius 2 is 1.57 bits per heavy atom. The van der Waals surface area contributed by atoms with Gasteiger partial charge in [-0.25, -0.2) is 4.58 Å². The number of nitrogens with zero attached hydrogens (tertiary/aromatic N) is 2. The van der Waals surface area contributed by atoms with Crippen LogP contribution in [0.1, 0.15) is 45.1 Å². The predicted molar refractivity (Wildman–Crippen MR) is 108 cm³/mol. The van der Waals surface area contributed by atoms with Crippen LogP contribution in [-0.4, -0.2) is 55.6 Å². The van der Waals surface area contributed by atoms with Crippen LogP contribution in [-0.2, 0) is 6.54 Å². The van der Waals surface area contributed by atoms with Gasteiger partial charge in [-0.15, -0.1) is 0 Å². The summed E-state index contributed by atoms with van der Waals surface area (Å²) in [6.07, 6.45) is 9.60. The summed E-state index contributed by atoms with van der Waals surface area (Å²) in [5, 5.41) is 0. The molecule has 1 aromatic carbocycles. The molecule has 0 amide bonds. The summed E-state index contributed by atoms with van der Waals surface area (Å²) in [5.41, 5.74) is 2.67. The van der Waals surface area contributed by atoms with E-state index in [1.807, 2.05) is 12.1 Å². The van der Waals surface area contributed by atoms with Crippen molar-refractivity contribution in [1.29, 1.82) is 0 Å². The Labute approximate surface area is 175 Å². The molecule has 28 heavy (non-hydrogen) atoms. The van der Waals surface area contributed by atoms with Crippen LogP contribution in [0.15, 0.2) is 23.9 Å². The number of likely N-dealkylation sites (tertiary alicyclic amines) is 1. The first-order valence-electron chi connectivity index (χ1n) is 9.83. The maximum atomic E-state index is 5.50. The second-order valence-electron chi connectivity index (χ2n) is 8.01. The molecule has 0 unspecified atom stereocenters. The minimum atomic E-state index is 0. The summed E-state index contributed by atoms with van der Waals surface area (Å²) >= 11 is 0. The van der Waals surface area contributed by atoms with Gasteiger partial charge in [-0.2, -0.15) is 0 Å². The number of rotatable bonds is 6. The Balaban J connectivity index is 0.00000280. The minimum Gasteiger partial charge on any atom is -1.00 e. The Morgan fingerprint density at radius 1 is 0.964 bits per heavy atom. The first-order valence-corrected chi connectivity index (χ1v) is 9.83. The van der Waals surface area contributed by atoms with E-state index in [2.05, 4.69) is 35.6 Å². The monoisotopic (exact) mass is 408 g/mol. The summed E-state index contributed by atoms with van der Waals surface area (Å²) in [6, 6.07) is 4.07. The molecule has 6 heteroatoms. The zero-order valence-electron chi connectivity index (χ0n) is 17.8. The third-order valence-corrected chi connectivity index (χ3v) is 5.68. The van der Waals surface area contributed by atoms with E-state index in [9.17, 15) is 0 Å². The van der Waals surface area contributed by atoms with E-state index in [1.54, 1.807) is 21.3 Å². The predicted octanol–water partition coefficient (Wildman–Crippen LogP) is 0.852. The molecule has 1 aromatic rings. The van der Waals surface area contributed by atoms with E-state index in [4.69, 9.17) is 14.2 Å². The number of methoxy groups -OCH3 is 3. The lowest BCUT2D eigenvalue weighted by molar-refractivity contribution is -0.612. The number of benzene rings is 1. The third kappa shape index (κ3) is 4.75. The molecule has 0 radical (unpaired) electrons. The second kappa shape index (κ2) is 9.55. The van der Waals surface area contributed by atoms with Crippen LogP contribution in [0.25, 0.3) is 0 Å². The van der Waals surface area contributed by atoms with Gasteiger partial charge in [0, 0.05) is 44.3 Å². The third-order valence-electron chi connectivity index (χ3n) is 5.68. The van der Waals surface area contributed by atoms with Gasteiger partial charge in [0.1, 0.15) is 0 Å². The molecule has 1 fully saturated rings. The van der Waals surface area contributed by atoms with Crippen molar-refractivity contribution in [1.82, 2.24) is 4.90 Å². The molecule has 2 heterocycles. The van der Waals surface area contributed by atoms with Crippen LogP contribution < -0.4 is 26.6 Å². The van der Waals surface area contributed by atoms with Crippen LogP contribution >= 0.6 is 0 Å². The SMILES string of the molecule is COc1cc(C[N+]2=CC=C(N3CCCCC3)CC2(C)C)cc(OC)c1OC.[Cl-]. The van der Waals surface area contributed by atoms with Gasteiger partial charge in [-0.3, -0.25) is 0 Å². The number of hydrogen-bond donors (Lipinski definition) is 0. The average Bonchev–Trinajstić information content (AvgIpc) is 2.69. The molecule has 0 spiro atoms. The van der Waals surface area contributed by atoms with E-state index in [-0.39, 0.29) is 17.9 Å². The molecular formula is C22H33ClN2O3. The lowest BCUT2D eigenvalue weighted by Crippen LogP contribution is -3.00. The van der Waals surface area contributed by atoms with Crippen molar-refractivity contribution in [2.75, 3.05) is 34.4 Å². The lowest BCUT2D eigenvalue weighted by atomic mass is 9.92. The molecule has 2 aliphatic heterocycles. The van der Waals surface area contributed by atoms with Gasteiger partial charge in [0.15, 0.2) is 29.8 Å². The van der Waals surface area contributed by atoms with Crippen molar-refractivity contribution in [2.24, 2.45) is 0 Å². The summed E-state index contributed by atoms with van der Waals surface area (Å²) in [6.45, 7) is 7.83. The number of ether oxygens (including phenoxy) is 3. The van der Waals surface area contributed by atoms with E-state index in [1.165, 1.54) is 38.0 Å². The molecule has 0 bridgehead atoms. The second-order valence-corrected chi connectivity index (χ2v) is 8.01. The van der Waals surface area contributed by atoms with Gasteiger partial charge in [-0.1, -0.05) is 0 Å². The molecule has 0 aromatic heterocycles. The molecule has 0 aliphatic carbocycles. The van der Waals surface area contributed by atoms with Crippen molar-refractivity contribution in [2.45, 2.75) is 51.6 Å². The summed E-state index contributed by atoms with van der Waals surface area (Å²) in [7, 11) is 4.95. The molecular weight excluding hydrogens is 376 g/mol. The van der Waals surface area contributed by atoms with Crippen LogP contribution in [0, 0.1) is 0 Å². The Hall–Kier alpha value is -1.88. The van der Waals surface area contributed by atoms with Gasteiger partial charge >= 0.3 is 0 Å². The fourth-order valence-electron chi connectivity index (χ4n) is 4.07. The zero-order valence-corrected chi connectivity index (χ0v) is 18.5. The highest BCUT2D eigenvalue weighted by atomic mass is 35.5. The van der Waals surface area contributed by atoms with E-state index in [0.29, 0.717) is 17.2 Å². The summed E-state index contributed by atoms with van der Waals surface area (Å²) < 4.78 is 18.9. The Bertz CT molecular complexity index is 712. The highest BCUT2D eigenvalue weighted by Crippen LogP contribution is 2.39. The van der Waals surface area contributed by atoms with Gasteiger partial charge in [-0.05, 0) is 31.4 Å². The molecule has 156 valence electrons. The highest BCUT2D eigenvalue weighted by Gasteiger charge is 2.36. The van der Waals surface area contributed by atoms with Crippen LogP contribution in [0.5, 0.6) is 17.2 Å². The molecule has 0 atom stereocenters. The van der Waals surface area contributed by atoms with Crippen LogP contribution in [0.3, 0.4) is 0 Å². The number of hydrogen-bond acceptors (Lipinski definition) is 4. The topological polar surface area (TPSA) is 33.9 Å². The van der Waals surface area contributed by atoms with E-state index >= 15 is 0 Å². The Morgan fingerprint density at radius 3 is 2.07 bits per heavy atom. The van der Waals surface area contributed by atoms with Crippen LogP contribution in [0.2, 0.25) is 0 Å². The van der Waals surface area contributed by atoms with Crippen LogP contribution in [0.4, 0.5) is 0 Å². The van der Waals surface area contributed by atoms with E-state index in [0.717, 1.165) is 18.5 Å². The quantitative estimate of drug-likeness (QED) is 0.654. The van der Waals surface area contributed by atoms with Gasteiger partial charge in [0.05, 0.1) is 27.8 Å². The molecule has 5 nitrogen and oxygen atoms in total. The largest absolute Gasteiger partial charge is 1.00 e. The van der Waals surface area contributed by atoms with Crippen molar-refractivity contribution in [3.8, 4) is 17.2 Å². The standard InChI is InChI=1S/C22H33N2O3.ClH/c1-22(2)15-18(23-10-7-6-8-11-23)9-12-24(22)16-17-13-19(25-3)21(27-5)20(14-17)26-4;/h9,12-14H,6-8,10-11,15-16H2,1-5H3;1H/q+1;/p-1. The molecule has 1 saturated heterocycles. The van der Waals surface area contributed by atoms with Gasteiger partial charge in [0.25, 0.3) is 0 Å². The zero-order chi connectivity index (χ0) is 19.4. The summed E-state index contributed by atoms with van der Waals surface area (Å²) in [4.78, 5) is 2.57. The molecule has 0 N–H and O–H groups in total. The van der Waals surface area contributed by atoms with Crippen molar-refractivity contribution in [3.05, 3.63) is 29.5 Å². The first kappa shape index (κ1) is 22.4. The maximum Gasteiger partial charge on any atom is 0.203 e.